The molecule has 0 amide bonds. The maximum Gasteiger partial charge on any atom is 0.251 e. The highest BCUT2D eigenvalue weighted by Gasteiger charge is 2.09. The van der Waals surface area contributed by atoms with Gasteiger partial charge in [0, 0.05) is 21.9 Å². The van der Waals surface area contributed by atoms with Gasteiger partial charge in [0.2, 0.25) is 0 Å². The Labute approximate surface area is 138 Å². The Morgan fingerprint density at radius 1 is 0.870 bits per heavy atom. The maximum absolute atomic E-state index is 11.7. The van der Waals surface area contributed by atoms with E-state index in [2.05, 4.69) is 58.9 Å². The van der Waals surface area contributed by atoms with E-state index in [4.69, 9.17) is 0 Å². The van der Waals surface area contributed by atoms with Crippen LogP contribution in [-0.4, -0.2) is 4.98 Å². The number of H-pyrrole nitrogens is 1. The van der Waals surface area contributed by atoms with Gasteiger partial charge < -0.3 is 4.98 Å². The van der Waals surface area contributed by atoms with E-state index in [1.807, 2.05) is 19.1 Å². The molecule has 0 radical (unpaired) electrons. The number of aromatic amines is 1. The van der Waals surface area contributed by atoms with Gasteiger partial charge in [0.25, 0.3) is 5.56 Å². The Morgan fingerprint density at radius 3 is 2.26 bits per heavy atom. The predicted octanol–water partition coefficient (Wildman–Crippen LogP) is 5.23. The van der Waals surface area contributed by atoms with Gasteiger partial charge in [-0.1, -0.05) is 54.6 Å². The zero-order chi connectivity index (χ0) is 15.8. The van der Waals surface area contributed by atoms with E-state index < -0.39 is 0 Å². The number of fused-ring (bicyclic) bond motifs is 1. The monoisotopic (exact) mass is 317 g/mol. The van der Waals surface area contributed by atoms with E-state index in [1.165, 1.54) is 22.3 Å². The van der Waals surface area contributed by atoms with Crippen molar-refractivity contribution in [1.82, 2.24) is 4.98 Å². The second kappa shape index (κ2) is 5.52. The highest BCUT2D eigenvalue weighted by atomic mass is 32.1. The van der Waals surface area contributed by atoms with Crippen molar-refractivity contribution in [3.63, 3.8) is 0 Å². The fourth-order valence-corrected chi connectivity index (χ4v) is 3.73. The first kappa shape index (κ1) is 14.0. The van der Waals surface area contributed by atoms with Crippen LogP contribution >= 0.6 is 11.3 Å². The van der Waals surface area contributed by atoms with Crippen molar-refractivity contribution < 1.29 is 0 Å². The molecule has 0 saturated heterocycles. The van der Waals surface area contributed by atoms with Gasteiger partial charge in [0.05, 0.1) is 0 Å². The summed E-state index contributed by atoms with van der Waals surface area (Å²) >= 11 is 1.58. The quantitative estimate of drug-likeness (QED) is 0.539. The fourth-order valence-electron chi connectivity index (χ4n) is 2.79. The first-order chi connectivity index (χ1) is 11.2. The summed E-state index contributed by atoms with van der Waals surface area (Å²) in [6.07, 6.45) is 0. The topological polar surface area (TPSA) is 32.9 Å². The molecule has 1 N–H and O–H groups in total. The van der Waals surface area contributed by atoms with E-state index in [1.54, 1.807) is 11.3 Å². The summed E-state index contributed by atoms with van der Waals surface area (Å²) < 4.78 is 0. The Bertz CT molecular complexity index is 1030. The van der Waals surface area contributed by atoms with Crippen LogP contribution in [0.2, 0.25) is 0 Å². The van der Waals surface area contributed by atoms with Gasteiger partial charge in [0.15, 0.2) is 0 Å². The zero-order valence-corrected chi connectivity index (χ0v) is 13.5. The van der Waals surface area contributed by atoms with Crippen LogP contribution in [0.25, 0.3) is 32.5 Å². The Hall–Kier alpha value is -2.65. The number of hydrogen-bond acceptors (Lipinski definition) is 2. The van der Waals surface area contributed by atoms with Crippen LogP contribution in [0.4, 0.5) is 0 Å². The number of thiophene rings is 1. The second-order valence-corrected chi connectivity index (χ2v) is 6.50. The smallest absolute Gasteiger partial charge is 0.251 e. The third kappa shape index (κ3) is 2.49. The van der Waals surface area contributed by atoms with Gasteiger partial charge in [-0.05, 0) is 29.7 Å². The van der Waals surface area contributed by atoms with Gasteiger partial charge in [-0.15, -0.1) is 11.3 Å². The van der Waals surface area contributed by atoms with Gasteiger partial charge in [-0.3, -0.25) is 4.79 Å². The number of benzene rings is 2. The van der Waals surface area contributed by atoms with Crippen LogP contribution < -0.4 is 5.56 Å². The average Bonchev–Trinajstić information content (AvgIpc) is 2.99. The molecule has 2 heterocycles. The molecular formula is C20H15NOS. The number of rotatable bonds is 2. The summed E-state index contributed by atoms with van der Waals surface area (Å²) in [6.45, 7) is 1.85. The minimum atomic E-state index is -0.00896. The van der Waals surface area contributed by atoms with Crippen molar-refractivity contribution in [2.75, 3.05) is 0 Å². The molecule has 0 aliphatic carbocycles. The SMILES string of the molecule is Cc1cc2c(-c3ccc(-c4ccccc4)cc3)csc2[nH]c1=O. The van der Waals surface area contributed by atoms with Crippen molar-refractivity contribution in [2.24, 2.45) is 0 Å². The van der Waals surface area contributed by atoms with E-state index in [0.29, 0.717) is 0 Å². The molecule has 0 atom stereocenters. The van der Waals surface area contributed by atoms with Gasteiger partial charge in [0.1, 0.15) is 4.83 Å². The number of hydrogen-bond donors (Lipinski definition) is 1. The molecule has 0 bridgehead atoms. The molecule has 23 heavy (non-hydrogen) atoms. The zero-order valence-electron chi connectivity index (χ0n) is 12.7. The molecule has 0 aliphatic heterocycles. The van der Waals surface area contributed by atoms with Gasteiger partial charge in [-0.2, -0.15) is 0 Å². The van der Waals surface area contributed by atoms with E-state index in [9.17, 15) is 4.79 Å². The van der Waals surface area contributed by atoms with E-state index >= 15 is 0 Å². The fraction of sp³-hybridized carbons (Fsp3) is 0.0500. The number of aromatic nitrogens is 1. The maximum atomic E-state index is 11.7. The van der Waals surface area contributed by atoms with Crippen LogP contribution in [0.15, 0.2) is 70.8 Å². The van der Waals surface area contributed by atoms with E-state index in [0.717, 1.165) is 15.8 Å². The lowest BCUT2D eigenvalue weighted by Gasteiger charge is -2.04. The third-order valence-electron chi connectivity index (χ3n) is 4.08. The number of aryl methyl sites for hydroxylation is 1. The van der Waals surface area contributed by atoms with Crippen molar-refractivity contribution in [1.29, 1.82) is 0 Å². The molecule has 4 aromatic rings. The normalized spacial score (nSPS) is 11.0. The second-order valence-electron chi connectivity index (χ2n) is 5.62. The minimum Gasteiger partial charge on any atom is -0.313 e. The van der Waals surface area contributed by atoms with Crippen LogP contribution in [0, 0.1) is 6.92 Å². The van der Waals surface area contributed by atoms with Crippen LogP contribution in [0.3, 0.4) is 0 Å². The molecule has 2 aromatic carbocycles. The summed E-state index contributed by atoms with van der Waals surface area (Å²) in [5.74, 6) is 0. The molecule has 0 saturated carbocycles. The average molecular weight is 317 g/mol. The Balaban J connectivity index is 1.80. The summed E-state index contributed by atoms with van der Waals surface area (Å²) in [5, 5.41) is 3.22. The molecular weight excluding hydrogens is 302 g/mol. The van der Waals surface area contributed by atoms with Crippen molar-refractivity contribution >= 4 is 21.6 Å². The van der Waals surface area contributed by atoms with Crippen molar-refractivity contribution in [3.8, 4) is 22.3 Å². The largest absolute Gasteiger partial charge is 0.313 e. The van der Waals surface area contributed by atoms with Gasteiger partial charge in [-0.25, -0.2) is 0 Å². The molecule has 2 aromatic heterocycles. The first-order valence-corrected chi connectivity index (χ1v) is 8.37. The lowest BCUT2D eigenvalue weighted by Crippen LogP contribution is -2.07. The molecule has 0 aliphatic rings. The summed E-state index contributed by atoms with van der Waals surface area (Å²) in [6, 6.07) is 20.9. The highest BCUT2D eigenvalue weighted by molar-refractivity contribution is 7.17. The third-order valence-corrected chi connectivity index (χ3v) is 4.99. The minimum absolute atomic E-state index is 0.00896. The van der Waals surface area contributed by atoms with E-state index in [-0.39, 0.29) is 5.56 Å². The van der Waals surface area contributed by atoms with Crippen molar-refractivity contribution in [2.45, 2.75) is 6.92 Å². The van der Waals surface area contributed by atoms with Gasteiger partial charge >= 0.3 is 0 Å². The van der Waals surface area contributed by atoms with Crippen LogP contribution in [0.5, 0.6) is 0 Å². The molecule has 112 valence electrons. The number of pyridine rings is 1. The van der Waals surface area contributed by atoms with Crippen LogP contribution in [-0.2, 0) is 0 Å². The lowest BCUT2D eigenvalue weighted by molar-refractivity contribution is 1.25. The lowest BCUT2D eigenvalue weighted by atomic mass is 10.0. The molecule has 0 fully saturated rings. The molecule has 3 heteroatoms. The Kier molecular flexibility index (Phi) is 3.36. The molecule has 2 nitrogen and oxygen atoms in total. The first-order valence-electron chi connectivity index (χ1n) is 7.49. The highest BCUT2D eigenvalue weighted by Crippen LogP contribution is 2.33. The summed E-state index contributed by atoms with van der Waals surface area (Å²) in [4.78, 5) is 15.6. The molecule has 4 rings (SSSR count). The summed E-state index contributed by atoms with van der Waals surface area (Å²) in [7, 11) is 0. The number of nitrogens with one attached hydrogen (secondary N) is 1. The molecule has 0 unspecified atom stereocenters. The predicted molar refractivity (Wildman–Crippen MR) is 98.1 cm³/mol. The Morgan fingerprint density at radius 2 is 1.52 bits per heavy atom. The van der Waals surface area contributed by atoms with Crippen molar-refractivity contribution in [3.05, 3.63) is 82.0 Å². The molecule has 0 spiro atoms. The van der Waals surface area contributed by atoms with Crippen LogP contribution in [0.1, 0.15) is 5.56 Å². The summed E-state index contributed by atoms with van der Waals surface area (Å²) in [5.41, 5.74) is 5.50. The standard InChI is InChI=1S/C20H15NOS/c1-13-11-17-18(12-23-20(17)21-19(13)22)16-9-7-15(8-10-16)14-5-3-2-4-6-14/h2-12H,1H3,(H,21,22).